The fourth-order valence-corrected chi connectivity index (χ4v) is 1.50. The molecule has 0 aliphatic carbocycles. The maximum atomic E-state index is 6.03. The van der Waals surface area contributed by atoms with Gasteiger partial charge in [0.05, 0.1) is 6.04 Å². The number of aromatic amines is 1. The number of hydrogen-bond donors (Lipinski definition) is 2. The van der Waals surface area contributed by atoms with Crippen LogP contribution in [-0.4, -0.2) is 20.6 Å². The van der Waals surface area contributed by atoms with E-state index in [1.54, 1.807) is 0 Å². The first-order valence-electron chi connectivity index (χ1n) is 4.83. The van der Waals surface area contributed by atoms with Gasteiger partial charge in [-0.05, 0) is 5.56 Å². The summed E-state index contributed by atoms with van der Waals surface area (Å²) in [6.07, 6.45) is 0. The summed E-state index contributed by atoms with van der Waals surface area (Å²) in [4.78, 5) is 0. The van der Waals surface area contributed by atoms with E-state index in [4.69, 9.17) is 5.73 Å². The third-order valence-corrected chi connectivity index (χ3v) is 2.52. The number of nitrogens with two attached hydrogens (primary N) is 1. The molecule has 0 fully saturated rings. The van der Waals surface area contributed by atoms with Crippen molar-refractivity contribution in [3.8, 4) is 0 Å². The van der Waals surface area contributed by atoms with Crippen molar-refractivity contribution in [1.29, 1.82) is 0 Å². The zero-order valence-electron chi connectivity index (χ0n) is 8.46. The highest BCUT2D eigenvalue weighted by Crippen LogP contribution is 2.25. The highest BCUT2D eigenvalue weighted by atomic mass is 15.5. The molecule has 2 rings (SSSR count). The Kier molecular flexibility index (Phi) is 2.73. The molecule has 5 heteroatoms. The summed E-state index contributed by atoms with van der Waals surface area (Å²) in [6.45, 7) is 2.05. The molecule has 15 heavy (non-hydrogen) atoms. The minimum Gasteiger partial charge on any atom is -0.321 e. The molecule has 78 valence electrons. The number of tetrazole rings is 1. The molecular weight excluding hydrogens is 190 g/mol. The average Bonchev–Trinajstić information content (AvgIpc) is 2.82. The molecule has 2 unspecified atom stereocenters. The molecule has 1 aromatic carbocycles. The highest BCUT2D eigenvalue weighted by molar-refractivity contribution is 5.21. The van der Waals surface area contributed by atoms with Crippen LogP contribution < -0.4 is 5.73 Å². The molecule has 0 bridgehead atoms. The molecule has 0 amide bonds. The van der Waals surface area contributed by atoms with Crippen molar-refractivity contribution in [2.24, 2.45) is 5.73 Å². The van der Waals surface area contributed by atoms with Gasteiger partial charge < -0.3 is 5.73 Å². The molecule has 0 radical (unpaired) electrons. The Morgan fingerprint density at radius 1 is 1.27 bits per heavy atom. The van der Waals surface area contributed by atoms with Crippen molar-refractivity contribution in [2.75, 3.05) is 0 Å². The molecule has 0 saturated carbocycles. The number of rotatable bonds is 3. The van der Waals surface area contributed by atoms with Crippen LogP contribution in [0.1, 0.15) is 30.3 Å². The third-order valence-electron chi connectivity index (χ3n) is 2.52. The van der Waals surface area contributed by atoms with Crippen LogP contribution in [0, 0.1) is 0 Å². The first-order valence-corrected chi connectivity index (χ1v) is 4.83. The van der Waals surface area contributed by atoms with Gasteiger partial charge in [-0.3, -0.25) is 0 Å². The second kappa shape index (κ2) is 4.18. The van der Waals surface area contributed by atoms with Crippen LogP contribution in [0.25, 0.3) is 0 Å². The van der Waals surface area contributed by atoms with Gasteiger partial charge in [0.15, 0.2) is 5.82 Å². The van der Waals surface area contributed by atoms with Crippen LogP contribution in [0.5, 0.6) is 0 Å². The fourth-order valence-electron chi connectivity index (χ4n) is 1.50. The normalized spacial score (nSPS) is 14.8. The van der Waals surface area contributed by atoms with Crippen molar-refractivity contribution < 1.29 is 0 Å². The minimum absolute atomic E-state index is 0.170. The summed E-state index contributed by atoms with van der Waals surface area (Å²) in [6, 6.07) is 9.83. The monoisotopic (exact) mass is 203 g/mol. The first kappa shape index (κ1) is 9.79. The van der Waals surface area contributed by atoms with Gasteiger partial charge in [-0.25, -0.2) is 0 Å². The second-order valence-electron chi connectivity index (χ2n) is 3.50. The molecule has 2 aromatic rings. The second-order valence-corrected chi connectivity index (χ2v) is 3.50. The molecule has 1 aromatic heterocycles. The molecular formula is C10H13N5. The van der Waals surface area contributed by atoms with E-state index < -0.39 is 0 Å². The Hall–Kier alpha value is -1.75. The Labute approximate surface area is 87.7 Å². The SMILES string of the molecule is CC(c1ccccc1)C(N)c1nn[nH]n1. The number of aromatic nitrogens is 4. The van der Waals surface area contributed by atoms with E-state index in [0.29, 0.717) is 5.82 Å². The lowest BCUT2D eigenvalue weighted by molar-refractivity contribution is 0.566. The standard InChI is InChI=1S/C10H13N5/c1-7(8-5-3-2-4-6-8)9(11)10-12-14-15-13-10/h2-7,9H,11H2,1H3,(H,12,13,14,15). The molecule has 2 atom stereocenters. The van der Waals surface area contributed by atoms with E-state index in [1.807, 2.05) is 30.3 Å². The van der Waals surface area contributed by atoms with Crippen LogP contribution >= 0.6 is 0 Å². The maximum Gasteiger partial charge on any atom is 0.191 e. The Balaban J connectivity index is 2.18. The lowest BCUT2D eigenvalue weighted by Crippen LogP contribution is -2.19. The fraction of sp³-hybridized carbons (Fsp3) is 0.300. The molecule has 1 heterocycles. The Bertz CT molecular complexity index is 397. The quantitative estimate of drug-likeness (QED) is 0.779. The van der Waals surface area contributed by atoms with Crippen molar-refractivity contribution >= 4 is 0 Å². The van der Waals surface area contributed by atoms with Crippen LogP contribution in [0.2, 0.25) is 0 Å². The summed E-state index contributed by atoms with van der Waals surface area (Å²) in [7, 11) is 0. The lowest BCUT2D eigenvalue weighted by Gasteiger charge is -2.16. The number of H-pyrrole nitrogens is 1. The largest absolute Gasteiger partial charge is 0.321 e. The average molecular weight is 203 g/mol. The number of nitrogens with zero attached hydrogens (tertiary/aromatic N) is 3. The van der Waals surface area contributed by atoms with Crippen LogP contribution in [-0.2, 0) is 0 Å². The molecule has 5 nitrogen and oxygen atoms in total. The summed E-state index contributed by atoms with van der Waals surface area (Å²) >= 11 is 0. The van der Waals surface area contributed by atoms with Gasteiger partial charge in [0, 0.05) is 5.92 Å². The van der Waals surface area contributed by atoms with Crippen molar-refractivity contribution in [3.05, 3.63) is 41.7 Å². The van der Waals surface area contributed by atoms with Crippen LogP contribution in [0.3, 0.4) is 0 Å². The summed E-state index contributed by atoms with van der Waals surface area (Å²) in [5.41, 5.74) is 7.21. The van der Waals surface area contributed by atoms with Gasteiger partial charge in [0.1, 0.15) is 0 Å². The van der Waals surface area contributed by atoms with Gasteiger partial charge in [-0.15, -0.1) is 10.2 Å². The number of hydrogen-bond acceptors (Lipinski definition) is 4. The van der Waals surface area contributed by atoms with Gasteiger partial charge in [0.2, 0.25) is 0 Å². The van der Waals surface area contributed by atoms with Crippen molar-refractivity contribution in [3.63, 3.8) is 0 Å². The van der Waals surface area contributed by atoms with Crippen molar-refractivity contribution in [1.82, 2.24) is 20.6 Å². The van der Waals surface area contributed by atoms with Gasteiger partial charge in [0.25, 0.3) is 0 Å². The predicted molar refractivity (Wildman–Crippen MR) is 56.0 cm³/mol. The van der Waals surface area contributed by atoms with Gasteiger partial charge >= 0.3 is 0 Å². The molecule has 0 spiro atoms. The van der Waals surface area contributed by atoms with E-state index in [0.717, 1.165) is 0 Å². The molecule has 0 saturated heterocycles. The van der Waals surface area contributed by atoms with Gasteiger partial charge in [-0.2, -0.15) is 5.21 Å². The third kappa shape index (κ3) is 2.02. The van der Waals surface area contributed by atoms with E-state index >= 15 is 0 Å². The summed E-state index contributed by atoms with van der Waals surface area (Å²) in [5, 5.41) is 13.7. The van der Waals surface area contributed by atoms with Crippen LogP contribution in [0.15, 0.2) is 30.3 Å². The van der Waals surface area contributed by atoms with Gasteiger partial charge in [-0.1, -0.05) is 42.5 Å². The minimum atomic E-state index is -0.230. The predicted octanol–water partition coefficient (Wildman–Crippen LogP) is 1.00. The number of nitrogens with one attached hydrogen (secondary N) is 1. The van der Waals surface area contributed by atoms with Crippen LogP contribution in [0.4, 0.5) is 0 Å². The molecule has 3 N–H and O–H groups in total. The Morgan fingerprint density at radius 3 is 2.60 bits per heavy atom. The van der Waals surface area contributed by atoms with Crippen molar-refractivity contribution in [2.45, 2.75) is 18.9 Å². The van der Waals surface area contributed by atoms with E-state index in [9.17, 15) is 0 Å². The zero-order valence-corrected chi connectivity index (χ0v) is 8.46. The molecule has 0 aliphatic rings. The summed E-state index contributed by atoms with van der Waals surface area (Å²) in [5.74, 6) is 0.718. The smallest absolute Gasteiger partial charge is 0.191 e. The maximum absolute atomic E-state index is 6.03. The van der Waals surface area contributed by atoms with E-state index in [1.165, 1.54) is 5.56 Å². The lowest BCUT2D eigenvalue weighted by atomic mass is 9.94. The van der Waals surface area contributed by atoms with E-state index in [2.05, 4.69) is 27.5 Å². The summed E-state index contributed by atoms with van der Waals surface area (Å²) < 4.78 is 0. The topological polar surface area (TPSA) is 80.5 Å². The highest BCUT2D eigenvalue weighted by Gasteiger charge is 2.19. The molecule has 0 aliphatic heterocycles. The first-order chi connectivity index (χ1) is 7.29. The van der Waals surface area contributed by atoms with E-state index in [-0.39, 0.29) is 12.0 Å². The number of benzene rings is 1. The Morgan fingerprint density at radius 2 is 2.00 bits per heavy atom. The zero-order chi connectivity index (χ0) is 10.7.